The van der Waals surface area contributed by atoms with Crippen LogP contribution in [0.25, 0.3) is 0 Å². The normalized spacial score (nSPS) is 15.2. The van der Waals surface area contributed by atoms with E-state index in [1.54, 1.807) is 0 Å². The average molecular weight is 778 g/mol. The van der Waals surface area contributed by atoms with Crippen molar-refractivity contribution in [2.45, 2.75) is 104 Å². The van der Waals surface area contributed by atoms with E-state index in [1.165, 1.54) is 0 Å². The first-order valence-electron chi connectivity index (χ1n) is 13.6. The number of esters is 8. The van der Waals surface area contributed by atoms with Crippen molar-refractivity contribution in [2.75, 3.05) is 11.2 Å². The van der Waals surface area contributed by atoms with Gasteiger partial charge in [-0.15, -0.1) is 11.6 Å². The lowest BCUT2D eigenvalue weighted by molar-refractivity contribution is -0.195. The summed E-state index contributed by atoms with van der Waals surface area (Å²) < 4.78 is 39.5. The van der Waals surface area contributed by atoms with Gasteiger partial charge in [0.1, 0.15) is 0 Å². The molecular weight excluding hydrogens is 740 g/mol. The van der Waals surface area contributed by atoms with Crippen molar-refractivity contribution in [3.63, 3.8) is 0 Å². The first-order valence-corrected chi connectivity index (χ1v) is 15.3. The van der Waals surface area contributed by atoms with Crippen LogP contribution in [0.15, 0.2) is 0 Å². The third-order valence-electron chi connectivity index (χ3n) is 5.05. The van der Waals surface area contributed by atoms with E-state index >= 15 is 0 Å². The molecule has 0 fully saturated rings. The Morgan fingerprint density at radius 1 is 0.458 bits per heavy atom. The first-order chi connectivity index (χ1) is 22.2. The lowest BCUT2D eigenvalue weighted by Gasteiger charge is -2.33. The molecule has 0 saturated carbocycles. The minimum absolute atomic E-state index is 0.00788. The Morgan fingerprint density at radius 3 is 0.938 bits per heavy atom. The SMILES string of the molecule is CC(=O)O[C@H]([C@H](OC(C)=O)[C@H](CBr)OC(C)=O)[C@@H](C=O)OC(C)=O.CC(=O)O[C@H]([C@H](OC(C)=O)[C@H](CCl)OC(C)=O)[C@@H](C=O)OC(C)=O. The van der Waals surface area contributed by atoms with Crippen molar-refractivity contribution >= 4 is 87.9 Å². The van der Waals surface area contributed by atoms with Gasteiger partial charge in [-0.2, -0.15) is 0 Å². The van der Waals surface area contributed by atoms with E-state index in [4.69, 9.17) is 49.5 Å². The summed E-state index contributed by atoms with van der Waals surface area (Å²) in [4.78, 5) is 113. The van der Waals surface area contributed by atoms with Gasteiger partial charge in [0.2, 0.25) is 0 Å². The number of hydrogen-bond donors (Lipinski definition) is 0. The van der Waals surface area contributed by atoms with E-state index in [-0.39, 0.29) is 23.8 Å². The summed E-state index contributed by atoms with van der Waals surface area (Å²) in [6.07, 6.45) is -10.9. The highest BCUT2D eigenvalue weighted by molar-refractivity contribution is 9.09. The van der Waals surface area contributed by atoms with E-state index < -0.39 is 96.6 Å². The molecule has 20 heteroatoms. The Morgan fingerprint density at radius 2 is 0.708 bits per heavy atom. The van der Waals surface area contributed by atoms with Crippen LogP contribution in [0.2, 0.25) is 0 Å². The molecule has 0 aromatic rings. The molecule has 0 radical (unpaired) electrons. The Hall–Kier alpha value is -4.13. The van der Waals surface area contributed by atoms with Gasteiger partial charge in [0.25, 0.3) is 0 Å². The molecule has 0 aromatic carbocycles. The molecule has 0 aliphatic heterocycles. The summed E-state index contributed by atoms with van der Waals surface area (Å²) in [5.74, 6) is -6.65. The smallest absolute Gasteiger partial charge is 0.303 e. The van der Waals surface area contributed by atoms with Crippen LogP contribution in [-0.4, -0.2) is 120 Å². The van der Waals surface area contributed by atoms with Gasteiger partial charge in [-0.1, -0.05) is 15.9 Å². The van der Waals surface area contributed by atoms with Crippen LogP contribution >= 0.6 is 27.5 Å². The van der Waals surface area contributed by atoms with Crippen molar-refractivity contribution in [1.82, 2.24) is 0 Å². The highest BCUT2D eigenvalue weighted by Gasteiger charge is 2.44. The molecule has 0 unspecified atom stereocenters. The monoisotopic (exact) mass is 776 g/mol. The summed E-state index contributed by atoms with van der Waals surface area (Å²) in [6, 6.07) is 0. The van der Waals surface area contributed by atoms with E-state index in [0.717, 1.165) is 55.4 Å². The molecule has 0 amide bonds. The van der Waals surface area contributed by atoms with Crippen LogP contribution in [0.1, 0.15) is 55.4 Å². The number of ether oxygens (including phenoxy) is 8. The number of halogens is 2. The summed E-state index contributed by atoms with van der Waals surface area (Å²) in [7, 11) is 0. The van der Waals surface area contributed by atoms with Crippen LogP contribution in [0.4, 0.5) is 0 Å². The number of carbonyl (C=O) groups is 10. The number of aldehydes is 2. The quantitative estimate of drug-likeness (QED) is 0.0794. The fourth-order valence-electron chi connectivity index (χ4n) is 3.64. The zero-order chi connectivity index (χ0) is 37.7. The van der Waals surface area contributed by atoms with Gasteiger partial charge in [0.05, 0.1) is 5.88 Å². The fourth-order valence-corrected chi connectivity index (χ4v) is 4.38. The topological polar surface area (TPSA) is 245 Å². The summed E-state index contributed by atoms with van der Waals surface area (Å²) in [6.45, 7) is 8.54. The Bertz CT molecular complexity index is 1070. The van der Waals surface area contributed by atoms with Crippen molar-refractivity contribution in [3.05, 3.63) is 0 Å². The number of carbonyl (C=O) groups excluding carboxylic acids is 10. The summed E-state index contributed by atoms with van der Waals surface area (Å²) in [5, 5.41) is 0.00788. The largest absolute Gasteiger partial charge is 0.458 e. The van der Waals surface area contributed by atoms with Crippen LogP contribution in [0.3, 0.4) is 0 Å². The fraction of sp³-hybridized carbons (Fsp3) is 0.643. The molecule has 0 aromatic heterocycles. The summed E-state index contributed by atoms with van der Waals surface area (Å²) >= 11 is 8.81. The molecule has 18 nitrogen and oxygen atoms in total. The standard InChI is InChI=1S/C14H19BrO9.C14H19ClO9/c2*1-7(17)21-11(5-15)13(23-9(3)19)14(24-10(4)20)12(6-16)22-8(2)18/h2*6,11-14H,5H2,1-4H3/t2*11-,12+,13+,14-/m00/s1. The molecule has 0 spiro atoms. The van der Waals surface area contributed by atoms with Crippen LogP contribution in [-0.2, 0) is 85.8 Å². The van der Waals surface area contributed by atoms with Gasteiger partial charge in [0, 0.05) is 60.7 Å². The number of alkyl halides is 2. The molecule has 0 rings (SSSR count). The maximum atomic E-state index is 11.4. The van der Waals surface area contributed by atoms with Crippen LogP contribution in [0, 0.1) is 0 Å². The highest BCUT2D eigenvalue weighted by atomic mass is 79.9. The predicted octanol–water partition coefficient (Wildman–Crippen LogP) is 0.458. The second-order valence-electron chi connectivity index (χ2n) is 9.32. The highest BCUT2D eigenvalue weighted by Crippen LogP contribution is 2.21. The zero-order valence-corrected chi connectivity index (χ0v) is 29.6. The van der Waals surface area contributed by atoms with Gasteiger partial charge in [0.15, 0.2) is 61.4 Å². The Labute approximate surface area is 288 Å². The molecule has 0 heterocycles. The van der Waals surface area contributed by atoms with E-state index in [0.29, 0.717) is 0 Å². The lowest BCUT2D eigenvalue weighted by atomic mass is 10.0. The third-order valence-corrected chi connectivity index (χ3v) is 5.99. The van der Waals surface area contributed by atoms with Gasteiger partial charge < -0.3 is 37.9 Å². The third kappa shape index (κ3) is 19.5. The van der Waals surface area contributed by atoms with Crippen LogP contribution < -0.4 is 0 Å². The zero-order valence-electron chi connectivity index (χ0n) is 27.3. The second-order valence-corrected chi connectivity index (χ2v) is 10.3. The molecule has 48 heavy (non-hydrogen) atoms. The Kier molecular flexibility index (Phi) is 23.1. The number of hydrogen-bond acceptors (Lipinski definition) is 18. The van der Waals surface area contributed by atoms with Crippen molar-refractivity contribution in [3.8, 4) is 0 Å². The maximum Gasteiger partial charge on any atom is 0.303 e. The minimum atomic E-state index is -1.59. The molecule has 0 bridgehead atoms. The van der Waals surface area contributed by atoms with Gasteiger partial charge >= 0.3 is 47.8 Å². The van der Waals surface area contributed by atoms with Gasteiger partial charge in [-0.05, 0) is 0 Å². The van der Waals surface area contributed by atoms with Crippen molar-refractivity contribution in [2.24, 2.45) is 0 Å². The summed E-state index contributed by atoms with van der Waals surface area (Å²) in [5.41, 5.74) is 0. The second kappa shape index (κ2) is 24.1. The molecule has 0 N–H and O–H groups in total. The predicted molar refractivity (Wildman–Crippen MR) is 161 cm³/mol. The maximum absolute atomic E-state index is 11.4. The van der Waals surface area contributed by atoms with Crippen molar-refractivity contribution in [1.29, 1.82) is 0 Å². The lowest BCUT2D eigenvalue weighted by Crippen LogP contribution is -2.52. The first kappa shape index (κ1) is 46.0. The molecule has 8 atom stereocenters. The average Bonchev–Trinajstić information content (AvgIpc) is 2.95. The molecule has 0 aliphatic rings. The minimum Gasteiger partial charge on any atom is -0.458 e. The molecular formula is C28H38BrClO18. The molecule has 0 aliphatic carbocycles. The van der Waals surface area contributed by atoms with E-state index in [1.807, 2.05) is 0 Å². The van der Waals surface area contributed by atoms with Gasteiger partial charge in [-0.25, -0.2) is 0 Å². The molecule has 272 valence electrons. The van der Waals surface area contributed by atoms with E-state index in [2.05, 4.69) is 15.9 Å². The Balaban J connectivity index is 0. The van der Waals surface area contributed by atoms with Crippen LogP contribution in [0.5, 0.6) is 0 Å². The van der Waals surface area contributed by atoms with Crippen molar-refractivity contribution < 1.29 is 85.8 Å². The number of rotatable bonds is 18. The molecule has 0 saturated heterocycles. The van der Waals surface area contributed by atoms with Gasteiger partial charge in [-0.3, -0.25) is 47.9 Å². The van der Waals surface area contributed by atoms with E-state index in [9.17, 15) is 47.9 Å².